The van der Waals surface area contributed by atoms with Gasteiger partial charge in [-0.15, -0.1) is 0 Å². The minimum atomic E-state index is -2.73. The maximum Gasteiger partial charge on any atom is 0.229 e. The van der Waals surface area contributed by atoms with E-state index < -0.39 is 7.14 Å². The van der Waals surface area contributed by atoms with E-state index >= 15 is 0 Å². The molecule has 0 aliphatic carbocycles. The van der Waals surface area contributed by atoms with Crippen molar-refractivity contribution in [3.8, 4) is 5.75 Å². The molecule has 2 aliphatic rings. The van der Waals surface area contributed by atoms with Crippen LogP contribution in [-0.4, -0.2) is 102 Å². The van der Waals surface area contributed by atoms with E-state index in [2.05, 4.69) is 89.2 Å². The Hall–Kier alpha value is -3.31. The van der Waals surface area contributed by atoms with Crippen molar-refractivity contribution in [3.05, 3.63) is 52.9 Å². The number of nitrogens with one attached hydrogen (secondary N) is 2. The van der Waals surface area contributed by atoms with Gasteiger partial charge in [-0.1, -0.05) is 6.92 Å². The largest absolute Gasteiger partial charge is 0.494 e. The molecule has 0 saturated carbocycles. The molecule has 2 aromatic carbocycles. The fraction of sp³-hybridized carbons (Fsp3) is 0.455. The van der Waals surface area contributed by atoms with Crippen LogP contribution in [-0.2, 0) is 4.57 Å². The molecule has 0 unspecified atom stereocenters. The Morgan fingerprint density at radius 1 is 1.07 bits per heavy atom. The van der Waals surface area contributed by atoms with Crippen LogP contribution in [0.2, 0.25) is 0 Å². The van der Waals surface area contributed by atoms with E-state index in [0.717, 1.165) is 36.6 Å². The SMILES string of the molecule is CCN(C)C1CN(C2CCN(c3cc(OC)c(Nc4ncc(Br)c(Nc5ccc6nccnc6c5P(C)(C)=O)n4)cc3C)CC2)C1. The molecule has 4 aromatic rings. The highest BCUT2D eigenvalue weighted by atomic mass is 79.9. The number of hydrogen-bond acceptors (Lipinski definition) is 11. The number of likely N-dealkylation sites (N-methyl/N-ethyl adjacent to an activating group) is 1. The van der Waals surface area contributed by atoms with Crippen molar-refractivity contribution in [3.63, 3.8) is 0 Å². The van der Waals surface area contributed by atoms with E-state index in [-0.39, 0.29) is 0 Å². The van der Waals surface area contributed by atoms with Gasteiger partial charge in [-0.3, -0.25) is 14.9 Å². The van der Waals surface area contributed by atoms with E-state index in [0.29, 0.717) is 50.3 Å². The zero-order valence-electron chi connectivity index (χ0n) is 27.4. The molecule has 11 nitrogen and oxygen atoms in total. The van der Waals surface area contributed by atoms with Gasteiger partial charge in [0.05, 0.1) is 33.8 Å². The van der Waals surface area contributed by atoms with Crippen LogP contribution in [0.25, 0.3) is 11.0 Å². The molecular weight excluding hydrogens is 665 g/mol. The van der Waals surface area contributed by atoms with Gasteiger partial charge in [0.25, 0.3) is 0 Å². The molecule has 0 bridgehead atoms. The number of aromatic nitrogens is 4. The summed E-state index contributed by atoms with van der Waals surface area (Å²) in [4.78, 5) is 25.8. The first-order valence-electron chi connectivity index (χ1n) is 15.8. The third kappa shape index (κ3) is 6.72. The maximum atomic E-state index is 13.4. The Morgan fingerprint density at radius 2 is 1.80 bits per heavy atom. The fourth-order valence-corrected chi connectivity index (χ4v) is 8.19. The summed E-state index contributed by atoms with van der Waals surface area (Å²) in [5.74, 6) is 1.66. The van der Waals surface area contributed by atoms with E-state index in [1.54, 1.807) is 39.0 Å². The Bertz CT molecular complexity index is 1770. The fourth-order valence-electron chi connectivity index (χ4n) is 6.51. The number of anilines is 5. The molecule has 2 aromatic heterocycles. The molecule has 4 heterocycles. The Balaban J connectivity index is 1.18. The summed E-state index contributed by atoms with van der Waals surface area (Å²) in [6, 6.07) is 9.32. The van der Waals surface area contributed by atoms with Gasteiger partial charge < -0.3 is 29.7 Å². The minimum Gasteiger partial charge on any atom is -0.494 e. The van der Waals surface area contributed by atoms with Crippen molar-refractivity contribution in [1.29, 1.82) is 0 Å². The maximum absolute atomic E-state index is 13.4. The van der Waals surface area contributed by atoms with Gasteiger partial charge in [0.15, 0.2) is 0 Å². The monoisotopic (exact) mass is 707 g/mol. The lowest BCUT2D eigenvalue weighted by Crippen LogP contribution is -2.62. The van der Waals surface area contributed by atoms with Crippen LogP contribution in [0.5, 0.6) is 5.75 Å². The molecule has 244 valence electrons. The third-order valence-electron chi connectivity index (χ3n) is 9.25. The normalized spacial score (nSPS) is 16.6. The van der Waals surface area contributed by atoms with Gasteiger partial charge in [0, 0.05) is 68.6 Å². The number of fused-ring (bicyclic) bond motifs is 1. The molecule has 0 radical (unpaired) electrons. The number of rotatable bonds is 10. The Kier molecular flexibility index (Phi) is 9.53. The number of hydrogen-bond donors (Lipinski definition) is 2. The van der Waals surface area contributed by atoms with Gasteiger partial charge in [-0.25, -0.2) is 4.98 Å². The number of benzene rings is 2. The van der Waals surface area contributed by atoms with Gasteiger partial charge >= 0.3 is 0 Å². The molecule has 2 fully saturated rings. The quantitative estimate of drug-likeness (QED) is 0.194. The molecule has 0 amide bonds. The van der Waals surface area contributed by atoms with E-state index in [1.807, 2.05) is 12.1 Å². The second-order valence-electron chi connectivity index (χ2n) is 12.6. The molecular formula is C33H43BrN9O2P. The highest BCUT2D eigenvalue weighted by Gasteiger charge is 2.35. The highest BCUT2D eigenvalue weighted by molar-refractivity contribution is 9.10. The minimum absolute atomic E-state index is 0.400. The van der Waals surface area contributed by atoms with Crippen LogP contribution in [0.1, 0.15) is 25.3 Å². The van der Waals surface area contributed by atoms with Crippen molar-refractivity contribution in [2.45, 2.75) is 38.8 Å². The van der Waals surface area contributed by atoms with Crippen molar-refractivity contribution < 1.29 is 9.30 Å². The van der Waals surface area contributed by atoms with Crippen LogP contribution < -0.4 is 25.6 Å². The van der Waals surface area contributed by atoms with Crippen LogP contribution in [0.4, 0.5) is 28.8 Å². The number of piperidine rings is 1. The summed E-state index contributed by atoms with van der Waals surface area (Å²) in [5, 5.41) is 7.36. The van der Waals surface area contributed by atoms with E-state index in [9.17, 15) is 4.57 Å². The van der Waals surface area contributed by atoms with Crippen molar-refractivity contribution >= 4 is 68.2 Å². The summed E-state index contributed by atoms with van der Waals surface area (Å²) in [7, 11) is 1.19. The first-order valence-corrected chi connectivity index (χ1v) is 19.2. The number of nitrogens with zero attached hydrogens (tertiary/aromatic N) is 7. The number of halogens is 1. The standard InChI is InChI=1S/C33H43BrN9O2P/c1-7-41(3)23-19-43(20-23)22-10-14-42(15-11-22)28-17-29(45-4)27(16-21(28)2)39-33-37-18-24(34)32(40-33)38-26-9-8-25-30(36-13-12-35-25)31(26)46(5,6)44/h8-9,12-13,16-18,22-23H,7,10-11,14-15,19-20H2,1-6H3,(H2,37,38,39,40). The predicted octanol–water partition coefficient (Wildman–Crippen LogP) is 5.84. The van der Waals surface area contributed by atoms with Gasteiger partial charge in [-0.05, 0) is 86.4 Å². The predicted molar refractivity (Wildman–Crippen MR) is 192 cm³/mol. The first kappa shape index (κ1) is 32.6. The molecule has 13 heteroatoms. The number of likely N-dealkylation sites (tertiary alicyclic amines) is 1. The molecule has 2 N–H and O–H groups in total. The lowest BCUT2D eigenvalue weighted by atomic mass is 9.96. The van der Waals surface area contributed by atoms with E-state index in [1.165, 1.54) is 31.6 Å². The summed E-state index contributed by atoms with van der Waals surface area (Å²) in [5.41, 5.74) is 5.11. The first-order chi connectivity index (χ1) is 22.0. The van der Waals surface area contributed by atoms with Gasteiger partial charge in [0.1, 0.15) is 24.2 Å². The summed E-state index contributed by atoms with van der Waals surface area (Å²) in [6.07, 6.45) is 7.28. The number of ether oxygens (including phenoxy) is 1. The Labute approximate surface area is 279 Å². The average molecular weight is 709 g/mol. The van der Waals surface area contributed by atoms with Crippen LogP contribution >= 0.6 is 23.1 Å². The molecule has 0 atom stereocenters. The van der Waals surface area contributed by atoms with Crippen molar-refractivity contribution in [2.24, 2.45) is 0 Å². The average Bonchev–Trinajstić information content (AvgIpc) is 3.01. The van der Waals surface area contributed by atoms with Crippen LogP contribution in [0.3, 0.4) is 0 Å². The topological polar surface area (TPSA) is 112 Å². The summed E-state index contributed by atoms with van der Waals surface area (Å²) in [6.45, 7) is 13.4. The third-order valence-corrected chi connectivity index (χ3v) is 11.4. The molecule has 0 spiro atoms. The zero-order chi connectivity index (χ0) is 32.6. The van der Waals surface area contributed by atoms with Gasteiger partial charge in [0.2, 0.25) is 5.95 Å². The van der Waals surface area contributed by atoms with Crippen molar-refractivity contribution in [1.82, 2.24) is 29.7 Å². The van der Waals surface area contributed by atoms with Crippen LogP contribution in [0.15, 0.2) is 47.3 Å². The lowest BCUT2D eigenvalue weighted by Gasteiger charge is -2.50. The smallest absolute Gasteiger partial charge is 0.229 e. The van der Waals surface area contributed by atoms with Crippen LogP contribution in [0, 0.1) is 6.92 Å². The van der Waals surface area contributed by atoms with Crippen molar-refractivity contribution in [2.75, 3.05) is 75.7 Å². The summed E-state index contributed by atoms with van der Waals surface area (Å²) < 4.78 is 19.9. The molecule has 2 aliphatic heterocycles. The molecule has 46 heavy (non-hydrogen) atoms. The second-order valence-corrected chi connectivity index (χ2v) is 16.6. The number of aryl methyl sites for hydroxylation is 1. The van der Waals surface area contributed by atoms with E-state index in [4.69, 9.17) is 9.72 Å². The number of methoxy groups -OCH3 is 1. The molecule has 2 saturated heterocycles. The summed E-state index contributed by atoms with van der Waals surface area (Å²) >= 11 is 3.58. The lowest BCUT2D eigenvalue weighted by molar-refractivity contribution is 0.0109. The second kappa shape index (κ2) is 13.4. The Morgan fingerprint density at radius 3 is 2.50 bits per heavy atom. The zero-order valence-corrected chi connectivity index (χ0v) is 29.9. The highest BCUT2D eigenvalue weighted by Crippen LogP contribution is 2.42. The molecule has 6 rings (SSSR count). The van der Waals surface area contributed by atoms with Gasteiger partial charge in [-0.2, -0.15) is 4.98 Å².